The molecule has 4 heteroatoms. The normalized spacial score (nSPS) is 14.3. The van der Waals surface area contributed by atoms with Gasteiger partial charge in [-0.1, -0.05) is 72.8 Å². The molecule has 0 bridgehead atoms. The number of likely N-dealkylation sites (tertiary alicyclic amines) is 1. The van der Waals surface area contributed by atoms with E-state index in [1.165, 1.54) is 0 Å². The number of carbonyl (C=O) groups excluding carboxylic acids is 2. The first kappa shape index (κ1) is 19.9. The first-order valence-electron chi connectivity index (χ1n) is 10.5. The number of nitrogens with one attached hydrogen (secondary N) is 1. The summed E-state index contributed by atoms with van der Waals surface area (Å²) < 4.78 is 0. The first-order chi connectivity index (χ1) is 14.7. The summed E-state index contributed by atoms with van der Waals surface area (Å²) in [5.74, 6) is 0.0918. The number of benzene rings is 3. The van der Waals surface area contributed by atoms with Crippen molar-refractivity contribution in [3.63, 3.8) is 0 Å². The van der Waals surface area contributed by atoms with E-state index in [9.17, 15) is 9.59 Å². The van der Waals surface area contributed by atoms with Crippen LogP contribution in [0.25, 0.3) is 11.1 Å². The molecule has 1 aliphatic heterocycles. The van der Waals surface area contributed by atoms with Crippen molar-refractivity contribution in [1.82, 2.24) is 10.2 Å². The Kier molecular flexibility index (Phi) is 6.23. The maximum absolute atomic E-state index is 12.9. The fourth-order valence-electron chi connectivity index (χ4n) is 3.89. The van der Waals surface area contributed by atoms with Crippen molar-refractivity contribution in [2.45, 2.75) is 19.4 Å². The van der Waals surface area contributed by atoms with Gasteiger partial charge in [-0.3, -0.25) is 9.59 Å². The SMILES string of the molecule is O=C(NCc1ccccc1)C1CCN(C(=O)c2ccc(-c3ccccc3)cc2)CC1. The van der Waals surface area contributed by atoms with Gasteiger partial charge in [0.25, 0.3) is 5.91 Å². The quantitative estimate of drug-likeness (QED) is 0.687. The second kappa shape index (κ2) is 9.40. The number of piperidine rings is 1. The summed E-state index contributed by atoms with van der Waals surface area (Å²) in [6.07, 6.45) is 1.41. The minimum absolute atomic E-state index is 0.0294. The zero-order valence-electron chi connectivity index (χ0n) is 17.0. The Labute approximate surface area is 177 Å². The summed E-state index contributed by atoms with van der Waals surface area (Å²) in [5.41, 5.74) is 4.03. The van der Waals surface area contributed by atoms with Crippen LogP contribution in [-0.4, -0.2) is 29.8 Å². The highest BCUT2D eigenvalue weighted by Gasteiger charge is 2.27. The fraction of sp³-hybridized carbons (Fsp3) is 0.231. The molecule has 4 nitrogen and oxygen atoms in total. The monoisotopic (exact) mass is 398 g/mol. The lowest BCUT2D eigenvalue weighted by molar-refractivity contribution is -0.126. The summed E-state index contributed by atoms with van der Waals surface area (Å²) in [4.78, 5) is 27.2. The van der Waals surface area contributed by atoms with E-state index in [0.29, 0.717) is 38.0 Å². The maximum atomic E-state index is 12.9. The summed E-state index contributed by atoms with van der Waals surface area (Å²) in [7, 11) is 0. The lowest BCUT2D eigenvalue weighted by Gasteiger charge is -2.31. The Hall–Kier alpha value is -3.40. The minimum Gasteiger partial charge on any atom is -0.352 e. The van der Waals surface area contributed by atoms with Crippen molar-refractivity contribution in [1.29, 1.82) is 0 Å². The predicted octanol–water partition coefficient (Wildman–Crippen LogP) is 4.52. The van der Waals surface area contributed by atoms with Crippen LogP contribution < -0.4 is 5.32 Å². The van der Waals surface area contributed by atoms with Crippen LogP contribution in [-0.2, 0) is 11.3 Å². The van der Waals surface area contributed by atoms with Crippen molar-refractivity contribution in [3.8, 4) is 11.1 Å². The Morgan fingerprint density at radius 3 is 1.97 bits per heavy atom. The Bertz CT molecular complexity index is 977. The van der Waals surface area contributed by atoms with Crippen molar-refractivity contribution in [2.24, 2.45) is 5.92 Å². The van der Waals surface area contributed by atoms with Crippen LogP contribution in [0.4, 0.5) is 0 Å². The molecule has 2 amide bonds. The van der Waals surface area contributed by atoms with Gasteiger partial charge in [-0.15, -0.1) is 0 Å². The number of nitrogens with zero attached hydrogens (tertiary/aromatic N) is 1. The summed E-state index contributed by atoms with van der Waals surface area (Å²) in [5, 5.41) is 3.02. The average Bonchev–Trinajstić information content (AvgIpc) is 2.83. The van der Waals surface area contributed by atoms with Gasteiger partial charge in [0, 0.05) is 31.1 Å². The van der Waals surface area contributed by atoms with Gasteiger partial charge in [0.05, 0.1) is 0 Å². The largest absolute Gasteiger partial charge is 0.352 e. The highest BCUT2D eigenvalue weighted by atomic mass is 16.2. The minimum atomic E-state index is -0.0294. The molecular weight excluding hydrogens is 372 g/mol. The molecule has 30 heavy (non-hydrogen) atoms. The number of hydrogen-bond donors (Lipinski definition) is 1. The molecule has 1 N–H and O–H groups in total. The molecule has 0 unspecified atom stereocenters. The van der Waals surface area contributed by atoms with Gasteiger partial charge < -0.3 is 10.2 Å². The average molecular weight is 399 g/mol. The third-order valence-corrected chi connectivity index (χ3v) is 5.70. The molecule has 1 saturated heterocycles. The van der Waals surface area contributed by atoms with E-state index in [-0.39, 0.29) is 17.7 Å². The smallest absolute Gasteiger partial charge is 0.253 e. The van der Waals surface area contributed by atoms with Crippen LogP contribution >= 0.6 is 0 Å². The Balaban J connectivity index is 1.29. The van der Waals surface area contributed by atoms with Crippen molar-refractivity contribution < 1.29 is 9.59 Å². The van der Waals surface area contributed by atoms with E-state index >= 15 is 0 Å². The number of carbonyl (C=O) groups is 2. The molecule has 152 valence electrons. The summed E-state index contributed by atoms with van der Waals surface area (Å²) in [6, 6.07) is 27.8. The number of hydrogen-bond acceptors (Lipinski definition) is 2. The molecule has 1 fully saturated rings. The maximum Gasteiger partial charge on any atom is 0.253 e. The Morgan fingerprint density at radius 1 is 0.767 bits per heavy atom. The summed E-state index contributed by atoms with van der Waals surface area (Å²) >= 11 is 0. The first-order valence-corrected chi connectivity index (χ1v) is 10.5. The lowest BCUT2D eigenvalue weighted by atomic mass is 9.95. The highest BCUT2D eigenvalue weighted by molar-refractivity contribution is 5.95. The van der Waals surface area contributed by atoms with Crippen molar-refractivity contribution >= 4 is 11.8 Å². The molecule has 3 aromatic carbocycles. The van der Waals surface area contributed by atoms with E-state index in [2.05, 4.69) is 17.4 Å². The standard InChI is InChI=1S/C26H26N2O2/c29-25(27-19-20-7-3-1-4-8-20)23-15-17-28(18-16-23)26(30)24-13-11-22(12-14-24)21-9-5-2-6-10-21/h1-14,23H,15-19H2,(H,27,29). The molecule has 0 aliphatic carbocycles. The fourth-order valence-corrected chi connectivity index (χ4v) is 3.89. The zero-order chi connectivity index (χ0) is 20.8. The van der Waals surface area contributed by atoms with Crippen LogP contribution in [0.2, 0.25) is 0 Å². The van der Waals surface area contributed by atoms with E-state index in [1.54, 1.807) is 0 Å². The topological polar surface area (TPSA) is 49.4 Å². The molecular formula is C26H26N2O2. The second-order valence-electron chi connectivity index (χ2n) is 7.71. The van der Waals surface area contributed by atoms with Gasteiger partial charge in [0.15, 0.2) is 0 Å². The lowest BCUT2D eigenvalue weighted by Crippen LogP contribution is -2.42. The second-order valence-corrected chi connectivity index (χ2v) is 7.71. The van der Waals surface area contributed by atoms with Crippen molar-refractivity contribution in [2.75, 3.05) is 13.1 Å². The van der Waals surface area contributed by atoms with Crippen molar-refractivity contribution in [3.05, 3.63) is 96.1 Å². The van der Waals surface area contributed by atoms with Gasteiger partial charge in [-0.2, -0.15) is 0 Å². The Morgan fingerprint density at radius 2 is 1.33 bits per heavy atom. The molecule has 1 aliphatic rings. The molecule has 4 rings (SSSR count). The highest BCUT2D eigenvalue weighted by Crippen LogP contribution is 2.22. The van der Waals surface area contributed by atoms with Crippen LogP contribution in [0, 0.1) is 5.92 Å². The van der Waals surface area contributed by atoms with Crippen LogP contribution in [0.15, 0.2) is 84.9 Å². The molecule has 0 atom stereocenters. The van der Waals surface area contributed by atoms with E-state index in [4.69, 9.17) is 0 Å². The molecule has 0 saturated carbocycles. The van der Waals surface area contributed by atoms with Crippen LogP contribution in [0.1, 0.15) is 28.8 Å². The van der Waals surface area contributed by atoms with Crippen LogP contribution in [0.5, 0.6) is 0 Å². The molecule has 0 aromatic heterocycles. The van der Waals surface area contributed by atoms with Crippen LogP contribution in [0.3, 0.4) is 0 Å². The van der Waals surface area contributed by atoms with Gasteiger partial charge in [0.2, 0.25) is 5.91 Å². The predicted molar refractivity (Wildman–Crippen MR) is 119 cm³/mol. The number of amides is 2. The molecule has 0 spiro atoms. The summed E-state index contributed by atoms with van der Waals surface area (Å²) in [6.45, 7) is 1.78. The third kappa shape index (κ3) is 4.77. The molecule has 1 heterocycles. The van der Waals surface area contributed by atoms with Gasteiger partial charge in [0.1, 0.15) is 0 Å². The van der Waals surface area contributed by atoms with E-state index in [0.717, 1.165) is 16.7 Å². The van der Waals surface area contributed by atoms with Gasteiger partial charge in [-0.25, -0.2) is 0 Å². The third-order valence-electron chi connectivity index (χ3n) is 5.70. The number of rotatable bonds is 5. The van der Waals surface area contributed by atoms with Gasteiger partial charge >= 0.3 is 0 Å². The van der Waals surface area contributed by atoms with E-state index in [1.807, 2.05) is 77.7 Å². The van der Waals surface area contributed by atoms with Gasteiger partial charge in [-0.05, 0) is 41.7 Å². The molecule has 3 aromatic rings. The molecule has 0 radical (unpaired) electrons. The zero-order valence-corrected chi connectivity index (χ0v) is 17.0. The van der Waals surface area contributed by atoms with E-state index < -0.39 is 0 Å².